The summed E-state index contributed by atoms with van der Waals surface area (Å²) >= 11 is 1.59. The molecule has 2 rings (SSSR count). The number of rotatable bonds is 4. The number of thiazole rings is 1. The molecule has 1 aromatic heterocycles. The van der Waals surface area contributed by atoms with Crippen LogP contribution in [0.1, 0.15) is 16.3 Å². The van der Waals surface area contributed by atoms with Gasteiger partial charge in [0.2, 0.25) is 0 Å². The van der Waals surface area contributed by atoms with Gasteiger partial charge in [-0.3, -0.25) is 0 Å². The van der Waals surface area contributed by atoms with E-state index in [-0.39, 0.29) is 6.61 Å². The van der Waals surface area contributed by atoms with E-state index in [4.69, 9.17) is 9.84 Å². The molecule has 0 aliphatic carbocycles. The minimum atomic E-state index is 0.0353. The number of aryl methyl sites for hydroxylation is 1. The largest absolute Gasteiger partial charge is 0.486 e. The highest BCUT2D eigenvalue weighted by Gasteiger charge is 2.00. The van der Waals surface area contributed by atoms with Gasteiger partial charge in [0.25, 0.3) is 0 Å². The number of hydrogen-bond acceptors (Lipinski definition) is 4. The highest BCUT2D eigenvalue weighted by Crippen LogP contribution is 2.16. The van der Waals surface area contributed by atoms with E-state index in [0.717, 1.165) is 22.0 Å². The minimum Gasteiger partial charge on any atom is -0.486 e. The number of hydrogen-bond donors (Lipinski definition) is 1. The van der Waals surface area contributed by atoms with Gasteiger partial charge in [0.05, 0.1) is 6.61 Å². The molecule has 3 nitrogen and oxygen atoms in total. The quantitative estimate of drug-likeness (QED) is 0.885. The summed E-state index contributed by atoms with van der Waals surface area (Å²) < 4.78 is 5.58. The molecule has 0 bridgehead atoms. The summed E-state index contributed by atoms with van der Waals surface area (Å²) in [6.45, 7) is 2.48. The zero-order valence-electron chi connectivity index (χ0n) is 9.01. The fourth-order valence-electron chi connectivity index (χ4n) is 1.35. The molecule has 0 saturated heterocycles. The van der Waals surface area contributed by atoms with Crippen molar-refractivity contribution in [2.45, 2.75) is 20.1 Å². The van der Waals surface area contributed by atoms with Gasteiger partial charge >= 0.3 is 0 Å². The number of aliphatic hydroxyl groups excluding tert-OH is 1. The monoisotopic (exact) mass is 235 g/mol. The van der Waals surface area contributed by atoms with Crippen LogP contribution in [0.5, 0.6) is 5.75 Å². The van der Waals surface area contributed by atoms with E-state index >= 15 is 0 Å². The second kappa shape index (κ2) is 5.09. The molecule has 4 heteroatoms. The molecule has 0 amide bonds. The van der Waals surface area contributed by atoms with Gasteiger partial charge in [-0.25, -0.2) is 4.98 Å². The number of ether oxygens (including phenoxy) is 1. The molecule has 0 saturated carbocycles. The second-order valence-corrected chi connectivity index (χ2v) is 4.42. The van der Waals surface area contributed by atoms with Crippen molar-refractivity contribution in [3.63, 3.8) is 0 Å². The molecule has 0 aliphatic heterocycles. The Morgan fingerprint density at radius 3 is 3.00 bits per heavy atom. The molecule has 0 unspecified atom stereocenters. The smallest absolute Gasteiger partial charge is 0.140 e. The molecule has 0 radical (unpaired) electrons. The number of aromatic nitrogens is 1. The molecular weight excluding hydrogens is 222 g/mol. The SMILES string of the molecule is Cc1csc(COc2cccc(CO)c2)n1. The molecule has 0 spiro atoms. The maximum absolute atomic E-state index is 8.98. The van der Waals surface area contributed by atoms with Crippen molar-refractivity contribution in [2.75, 3.05) is 0 Å². The van der Waals surface area contributed by atoms with Gasteiger partial charge < -0.3 is 9.84 Å². The molecule has 1 N–H and O–H groups in total. The first kappa shape index (κ1) is 11.1. The predicted molar refractivity (Wildman–Crippen MR) is 63.5 cm³/mol. The zero-order chi connectivity index (χ0) is 11.4. The first-order valence-electron chi connectivity index (χ1n) is 5.01. The lowest BCUT2D eigenvalue weighted by Crippen LogP contribution is -1.95. The van der Waals surface area contributed by atoms with E-state index < -0.39 is 0 Å². The summed E-state index contributed by atoms with van der Waals surface area (Å²) in [6.07, 6.45) is 0. The van der Waals surface area contributed by atoms with E-state index in [0.29, 0.717) is 6.61 Å². The summed E-state index contributed by atoms with van der Waals surface area (Å²) in [4.78, 5) is 4.31. The Labute approximate surface area is 98.4 Å². The Kier molecular flexibility index (Phi) is 3.54. The number of benzene rings is 1. The highest BCUT2D eigenvalue weighted by molar-refractivity contribution is 7.09. The number of aliphatic hydroxyl groups is 1. The highest BCUT2D eigenvalue weighted by atomic mass is 32.1. The predicted octanol–water partition coefficient (Wildman–Crippen LogP) is 2.52. The van der Waals surface area contributed by atoms with Crippen LogP contribution in [0.25, 0.3) is 0 Å². The van der Waals surface area contributed by atoms with Crippen LogP contribution in [0.2, 0.25) is 0 Å². The molecule has 1 aromatic carbocycles. The standard InChI is InChI=1S/C12H13NO2S/c1-9-8-16-12(13-9)7-15-11-4-2-3-10(5-11)6-14/h2-5,8,14H,6-7H2,1H3. The molecule has 0 fully saturated rings. The van der Waals surface area contributed by atoms with E-state index in [1.54, 1.807) is 11.3 Å². The summed E-state index contributed by atoms with van der Waals surface area (Å²) in [5, 5.41) is 12.0. The summed E-state index contributed by atoms with van der Waals surface area (Å²) in [7, 11) is 0. The average molecular weight is 235 g/mol. The lowest BCUT2D eigenvalue weighted by molar-refractivity contribution is 0.278. The van der Waals surface area contributed by atoms with Crippen molar-refractivity contribution < 1.29 is 9.84 Å². The average Bonchev–Trinajstić information content (AvgIpc) is 2.73. The fraction of sp³-hybridized carbons (Fsp3) is 0.250. The molecule has 2 aromatic rings. The molecular formula is C12H13NO2S. The third kappa shape index (κ3) is 2.81. The van der Waals surface area contributed by atoms with Crippen molar-refractivity contribution in [1.82, 2.24) is 4.98 Å². The molecule has 1 heterocycles. The topological polar surface area (TPSA) is 42.4 Å². The summed E-state index contributed by atoms with van der Waals surface area (Å²) in [6, 6.07) is 7.44. The minimum absolute atomic E-state index is 0.0353. The Hall–Kier alpha value is -1.39. The molecule has 0 atom stereocenters. The molecule has 16 heavy (non-hydrogen) atoms. The van der Waals surface area contributed by atoms with Crippen molar-refractivity contribution in [3.05, 3.63) is 45.9 Å². The van der Waals surface area contributed by atoms with E-state index in [1.807, 2.05) is 36.6 Å². The first-order valence-corrected chi connectivity index (χ1v) is 5.89. The van der Waals surface area contributed by atoms with Gasteiger partial charge in [0.1, 0.15) is 17.4 Å². The van der Waals surface area contributed by atoms with Crippen molar-refractivity contribution in [1.29, 1.82) is 0 Å². The number of nitrogens with zero attached hydrogens (tertiary/aromatic N) is 1. The van der Waals surface area contributed by atoms with Crippen molar-refractivity contribution >= 4 is 11.3 Å². The van der Waals surface area contributed by atoms with Crippen molar-refractivity contribution in [3.8, 4) is 5.75 Å². The van der Waals surface area contributed by atoms with Crippen LogP contribution >= 0.6 is 11.3 Å². The van der Waals surface area contributed by atoms with Gasteiger partial charge in [0, 0.05) is 11.1 Å². The zero-order valence-corrected chi connectivity index (χ0v) is 9.83. The van der Waals surface area contributed by atoms with E-state index in [9.17, 15) is 0 Å². The lowest BCUT2D eigenvalue weighted by Gasteiger charge is -2.05. The Balaban J connectivity index is 1.99. The maximum atomic E-state index is 8.98. The van der Waals surface area contributed by atoms with Gasteiger partial charge in [-0.1, -0.05) is 12.1 Å². The van der Waals surface area contributed by atoms with Crippen LogP contribution in [-0.4, -0.2) is 10.1 Å². The third-order valence-electron chi connectivity index (χ3n) is 2.11. The third-order valence-corrected chi connectivity index (χ3v) is 3.05. The van der Waals surface area contributed by atoms with Crippen molar-refractivity contribution in [2.24, 2.45) is 0 Å². The van der Waals surface area contributed by atoms with Crippen LogP contribution < -0.4 is 4.74 Å². The normalized spacial score (nSPS) is 10.4. The molecule has 84 valence electrons. The first-order chi connectivity index (χ1) is 7.78. The Bertz CT molecular complexity index is 468. The van der Waals surface area contributed by atoms with E-state index in [2.05, 4.69) is 4.98 Å². The Morgan fingerprint density at radius 2 is 2.31 bits per heavy atom. The van der Waals surface area contributed by atoms with Crippen LogP contribution in [0.4, 0.5) is 0 Å². The van der Waals surface area contributed by atoms with Crippen LogP contribution in [0, 0.1) is 6.92 Å². The summed E-state index contributed by atoms with van der Waals surface area (Å²) in [5.41, 5.74) is 1.88. The van der Waals surface area contributed by atoms with E-state index in [1.165, 1.54) is 0 Å². The van der Waals surface area contributed by atoms with Crippen LogP contribution in [-0.2, 0) is 13.2 Å². The van der Waals surface area contributed by atoms with Gasteiger partial charge in [0.15, 0.2) is 0 Å². The maximum Gasteiger partial charge on any atom is 0.140 e. The van der Waals surface area contributed by atoms with Crippen LogP contribution in [0.15, 0.2) is 29.6 Å². The second-order valence-electron chi connectivity index (χ2n) is 3.48. The summed E-state index contributed by atoms with van der Waals surface area (Å²) in [5.74, 6) is 0.763. The lowest BCUT2D eigenvalue weighted by atomic mass is 10.2. The fourth-order valence-corrected chi connectivity index (χ4v) is 2.03. The van der Waals surface area contributed by atoms with Crippen LogP contribution in [0.3, 0.4) is 0 Å². The molecule has 0 aliphatic rings. The van der Waals surface area contributed by atoms with Gasteiger partial charge in [-0.05, 0) is 24.6 Å². The Morgan fingerprint density at radius 1 is 1.44 bits per heavy atom. The van der Waals surface area contributed by atoms with Gasteiger partial charge in [-0.15, -0.1) is 11.3 Å². The van der Waals surface area contributed by atoms with Gasteiger partial charge in [-0.2, -0.15) is 0 Å².